The van der Waals surface area contributed by atoms with Crippen LogP contribution in [0.2, 0.25) is 0 Å². The second-order valence-corrected chi connectivity index (χ2v) is 3.22. The Balaban J connectivity index is 2.87. The maximum atomic E-state index is 3.79. The summed E-state index contributed by atoms with van der Waals surface area (Å²) in [6.07, 6.45) is 3.03. The van der Waals surface area contributed by atoms with Gasteiger partial charge in [-0.25, -0.2) is 0 Å². The van der Waals surface area contributed by atoms with E-state index in [0.717, 1.165) is 13.0 Å². The van der Waals surface area contributed by atoms with E-state index in [9.17, 15) is 0 Å². The number of hydrogen-bond acceptors (Lipinski definition) is 1. The molecule has 1 rings (SSSR count). The van der Waals surface area contributed by atoms with Crippen molar-refractivity contribution in [3.8, 4) is 0 Å². The lowest BCUT2D eigenvalue weighted by Gasteiger charge is -2.09. The van der Waals surface area contributed by atoms with Gasteiger partial charge in [-0.3, -0.25) is 0 Å². The van der Waals surface area contributed by atoms with Crippen molar-refractivity contribution in [2.24, 2.45) is 0 Å². The first-order valence-electron chi connectivity index (χ1n) is 4.75. The minimum atomic E-state index is 1.02. The minimum Gasteiger partial charge on any atom is -0.385 e. The van der Waals surface area contributed by atoms with Crippen molar-refractivity contribution in [3.63, 3.8) is 0 Å². The third-order valence-electron chi connectivity index (χ3n) is 1.99. The van der Waals surface area contributed by atoms with Crippen molar-refractivity contribution >= 4 is 11.8 Å². The van der Waals surface area contributed by atoms with Crippen LogP contribution in [0, 0.1) is 6.92 Å². The van der Waals surface area contributed by atoms with Gasteiger partial charge in [-0.2, -0.15) is 0 Å². The Morgan fingerprint density at radius 1 is 1.46 bits per heavy atom. The summed E-state index contributed by atoms with van der Waals surface area (Å²) >= 11 is 0. The third kappa shape index (κ3) is 2.62. The van der Waals surface area contributed by atoms with Crippen LogP contribution in [0.4, 0.5) is 5.69 Å². The summed E-state index contributed by atoms with van der Waals surface area (Å²) in [5.41, 5.74) is 3.65. The number of aryl methyl sites for hydroxylation is 1. The van der Waals surface area contributed by atoms with Gasteiger partial charge in [0.25, 0.3) is 0 Å². The lowest BCUT2D eigenvalue weighted by atomic mass is 10.1. The Labute approximate surface area is 80.5 Å². The number of hydrogen-bond donors (Lipinski definition) is 1. The largest absolute Gasteiger partial charge is 0.385 e. The van der Waals surface area contributed by atoms with Crippen molar-refractivity contribution in [1.82, 2.24) is 0 Å². The van der Waals surface area contributed by atoms with Crippen LogP contribution in [0.5, 0.6) is 0 Å². The molecule has 1 heteroatoms. The Morgan fingerprint density at radius 3 is 2.85 bits per heavy atom. The van der Waals surface area contributed by atoms with Gasteiger partial charge in [0.1, 0.15) is 0 Å². The molecule has 0 atom stereocenters. The lowest BCUT2D eigenvalue weighted by Crippen LogP contribution is -2.01. The molecule has 0 aromatic heterocycles. The first kappa shape index (κ1) is 9.85. The highest BCUT2D eigenvalue weighted by Gasteiger charge is 1.97. The highest BCUT2D eigenvalue weighted by atomic mass is 14.9. The van der Waals surface area contributed by atoms with Gasteiger partial charge in [0.15, 0.2) is 0 Å². The fourth-order valence-corrected chi connectivity index (χ4v) is 1.26. The molecule has 0 amide bonds. The van der Waals surface area contributed by atoms with E-state index < -0.39 is 0 Å². The van der Waals surface area contributed by atoms with Gasteiger partial charge < -0.3 is 5.32 Å². The van der Waals surface area contributed by atoms with Crippen molar-refractivity contribution in [1.29, 1.82) is 0 Å². The quantitative estimate of drug-likeness (QED) is 0.739. The number of anilines is 1. The molecule has 0 fully saturated rings. The van der Waals surface area contributed by atoms with Gasteiger partial charge in [-0.15, -0.1) is 0 Å². The van der Waals surface area contributed by atoms with Gasteiger partial charge in [0.2, 0.25) is 0 Å². The zero-order chi connectivity index (χ0) is 9.68. The van der Waals surface area contributed by atoms with Crippen molar-refractivity contribution in [3.05, 3.63) is 35.9 Å². The van der Waals surface area contributed by atoms with Crippen LogP contribution in [0.25, 0.3) is 6.08 Å². The number of benzene rings is 1. The molecule has 0 spiro atoms. The van der Waals surface area contributed by atoms with Gasteiger partial charge in [-0.1, -0.05) is 31.7 Å². The molecule has 0 bridgehead atoms. The molecule has 1 nitrogen and oxygen atoms in total. The molecule has 0 saturated heterocycles. The maximum absolute atomic E-state index is 3.79. The molecule has 0 unspecified atom stereocenters. The van der Waals surface area contributed by atoms with E-state index in [4.69, 9.17) is 0 Å². The molecule has 0 radical (unpaired) electrons. The maximum Gasteiger partial charge on any atom is 0.0416 e. The summed E-state index contributed by atoms with van der Waals surface area (Å²) < 4.78 is 0. The van der Waals surface area contributed by atoms with E-state index in [0.29, 0.717) is 0 Å². The molecule has 1 aromatic carbocycles. The van der Waals surface area contributed by atoms with Crippen LogP contribution in [0.3, 0.4) is 0 Å². The normalized spacial score (nSPS) is 9.69. The molecule has 0 aliphatic carbocycles. The third-order valence-corrected chi connectivity index (χ3v) is 1.99. The molecule has 0 saturated carbocycles. The van der Waals surface area contributed by atoms with E-state index in [2.05, 4.69) is 43.9 Å². The predicted molar refractivity (Wildman–Crippen MR) is 60.1 cm³/mol. The first-order valence-corrected chi connectivity index (χ1v) is 4.75. The minimum absolute atomic E-state index is 1.02. The Bertz CT molecular complexity index is 289. The summed E-state index contributed by atoms with van der Waals surface area (Å²) in [6, 6.07) is 6.36. The summed E-state index contributed by atoms with van der Waals surface area (Å²) in [5, 5.41) is 3.38. The molecular weight excluding hydrogens is 158 g/mol. The van der Waals surface area contributed by atoms with E-state index in [1.165, 1.54) is 16.8 Å². The van der Waals surface area contributed by atoms with Gasteiger partial charge in [0.05, 0.1) is 0 Å². The second-order valence-electron chi connectivity index (χ2n) is 3.22. The standard InChI is InChI=1S/C12H17N/c1-4-8-13-12-9-10(3)6-7-11(12)5-2/h5-7,9,13H,2,4,8H2,1,3H3. The Kier molecular flexibility index (Phi) is 3.56. The molecule has 13 heavy (non-hydrogen) atoms. The number of rotatable bonds is 4. The zero-order valence-corrected chi connectivity index (χ0v) is 8.43. The van der Waals surface area contributed by atoms with Gasteiger partial charge in [0, 0.05) is 12.2 Å². The monoisotopic (exact) mass is 175 g/mol. The highest BCUT2D eigenvalue weighted by Crippen LogP contribution is 2.18. The molecular formula is C12H17N. The van der Waals surface area contributed by atoms with Gasteiger partial charge >= 0.3 is 0 Å². The summed E-state index contributed by atoms with van der Waals surface area (Å²) in [6.45, 7) is 9.07. The topological polar surface area (TPSA) is 12.0 Å². The SMILES string of the molecule is C=Cc1ccc(C)cc1NCCC. The van der Waals surface area contributed by atoms with E-state index >= 15 is 0 Å². The van der Waals surface area contributed by atoms with E-state index in [1.807, 2.05) is 6.08 Å². The summed E-state index contributed by atoms with van der Waals surface area (Å²) in [4.78, 5) is 0. The second kappa shape index (κ2) is 4.70. The van der Waals surface area contributed by atoms with Crippen LogP contribution in [-0.4, -0.2) is 6.54 Å². The Hall–Kier alpha value is -1.24. The van der Waals surface area contributed by atoms with E-state index in [1.54, 1.807) is 0 Å². The van der Waals surface area contributed by atoms with E-state index in [-0.39, 0.29) is 0 Å². The van der Waals surface area contributed by atoms with Crippen LogP contribution in [-0.2, 0) is 0 Å². The Morgan fingerprint density at radius 2 is 2.23 bits per heavy atom. The fourth-order valence-electron chi connectivity index (χ4n) is 1.26. The first-order chi connectivity index (χ1) is 6.27. The van der Waals surface area contributed by atoms with Crippen molar-refractivity contribution in [2.75, 3.05) is 11.9 Å². The highest BCUT2D eigenvalue weighted by molar-refractivity contribution is 5.66. The summed E-state index contributed by atoms with van der Waals surface area (Å²) in [5.74, 6) is 0. The van der Waals surface area contributed by atoms with Crippen LogP contribution < -0.4 is 5.32 Å². The molecule has 1 N–H and O–H groups in total. The van der Waals surface area contributed by atoms with Crippen LogP contribution in [0.1, 0.15) is 24.5 Å². The average molecular weight is 175 g/mol. The molecule has 0 aliphatic heterocycles. The van der Waals surface area contributed by atoms with Crippen LogP contribution >= 0.6 is 0 Å². The van der Waals surface area contributed by atoms with Crippen molar-refractivity contribution in [2.45, 2.75) is 20.3 Å². The molecule has 0 aliphatic rings. The van der Waals surface area contributed by atoms with Crippen molar-refractivity contribution < 1.29 is 0 Å². The smallest absolute Gasteiger partial charge is 0.0416 e. The summed E-state index contributed by atoms with van der Waals surface area (Å²) in [7, 11) is 0. The molecule has 70 valence electrons. The van der Waals surface area contributed by atoms with Gasteiger partial charge in [-0.05, 0) is 30.5 Å². The lowest BCUT2D eigenvalue weighted by molar-refractivity contribution is 0.979. The molecule has 1 aromatic rings. The molecule has 0 heterocycles. The zero-order valence-electron chi connectivity index (χ0n) is 8.43. The number of nitrogens with one attached hydrogen (secondary N) is 1. The average Bonchev–Trinajstić information content (AvgIpc) is 2.15. The fraction of sp³-hybridized carbons (Fsp3) is 0.333. The van der Waals surface area contributed by atoms with Crippen LogP contribution in [0.15, 0.2) is 24.8 Å². The predicted octanol–water partition coefficient (Wildman–Crippen LogP) is 3.46.